The first-order chi connectivity index (χ1) is 12.9. The van der Waals surface area contributed by atoms with Gasteiger partial charge in [-0.25, -0.2) is 8.42 Å². The molecule has 0 saturated carbocycles. The number of hydrogen-bond donors (Lipinski definition) is 1. The summed E-state index contributed by atoms with van der Waals surface area (Å²) >= 11 is 0. The maximum Gasteiger partial charge on any atom is 0.261 e. The second kappa shape index (κ2) is 7.63. The minimum Gasteiger partial charge on any atom is -0.311 e. The Bertz CT molecular complexity index is 1030. The van der Waals surface area contributed by atoms with E-state index in [1.54, 1.807) is 19.2 Å². The Balaban J connectivity index is 1.78. The first kappa shape index (κ1) is 18.7. The number of aryl methyl sites for hydroxylation is 1. The number of hydrogen-bond acceptors (Lipinski definition) is 3. The van der Waals surface area contributed by atoms with Gasteiger partial charge in [0.05, 0.1) is 4.90 Å². The Kier molecular flexibility index (Phi) is 5.28. The summed E-state index contributed by atoms with van der Waals surface area (Å²) in [6.07, 6.45) is 0. The smallest absolute Gasteiger partial charge is 0.261 e. The molecule has 0 unspecified atom stereocenters. The van der Waals surface area contributed by atoms with Gasteiger partial charge in [-0.05, 0) is 55.5 Å². The number of nitrogens with zero attached hydrogens (tertiary/aromatic N) is 1. The van der Waals surface area contributed by atoms with E-state index in [0.717, 1.165) is 11.3 Å². The first-order valence-electron chi connectivity index (χ1n) is 8.39. The molecule has 0 aromatic heterocycles. The second-order valence-corrected chi connectivity index (χ2v) is 7.88. The molecule has 0 aliphatic rings. The van der Waals surface area contributed by atoms with E-state index in [4.69, 9.17) is 0 Å². The molecular formula is C21H20N2O3S. The number of carbonyl (C=O) groups is 1. The van der Waals surface area contributed by atoms with Gasteiger partial charge in [0.2, 0.25) is 0 Å². The SMILES string of the molecule is Cc1ccc(NS(=O)(=O)c2ccc(C(=O)N(C)c3ccccc3)cc2)cc1. The number of carbonyl (C=O) groups excluding carboxylic acids is 1. The Hall–Kier alpha value is -3.12. The molecule has 0 aliphatic heterocycles. The van der Waals surface area contributed by atoms with Gasteiger partial charge in [0.1, 0.15) is 0 Å². The zero-order chi connectivity index (χ0) is 19.4. The maximum absolute atomic E-state index is 12.6. The third-order valence-electron chi connectivity index (χ3n) is 4.16. The summed E-state index contributed by atoms with van der Waals surface area (Å²) in [5.74, 6) is -0.211. The maximum atomic E-state index is 12.6. The fraction of sp³-hybridized carbons (Fsp3) is 0.0952. The summed E-state index contributed by atoms with van der Waals surface area (Å²) in [6.45, 7) is 1.93. The number of amides is 1. The fourth-order valence-electron chi connectivity index (χ4n) is 2.57. The van der Waals surface area contributed by atoms with Gasteiger partial charge in [0.25, 0.3) is 15.9 Å². The molecule has 0 spiro atoms. The quantitative estimate of drug-likeness (QED) is 0.725. The molecular weight excluding hydrogens is 360 g/mol. The van der Waals surface area contributed by atoms with E-state index in [0.29, 0.717) is 11.3 Å². The molecule has 3 rings (SSSR count). The predicted octanol–water partition coefficient (Wildman–Crippen LogP) is 4.07. The van der Waals surface area contributed by atoms with E-state index in [9.17, 15) is 13.2 Å². The van der Waals surface area contributed by atoms with Gasteiger partial charge >= 0.3 is 0 Å². The van der Waals surface area contributed by atoms with Crippen LogP contribution in [0.4, 0.5) is 11.4 Å². The van der Waals surface area contributed by atoms with Gasteiger partial charge in [-0.3, -0.25) is 9.52 Å². The van der Waals surface area contributed by atoms with Crippen molar-refractivity contribution < 1.29 is 13.2 Å². The molecule has 5 nitrogen and oxygen atoms in total. The molecule has 0 atom stereocenters. The minimum atomic E-state index is -3.72. The van der Waals surface area contributed by atoms with Crippen molar-refractivity contribution in [3.63, 3.8) is 0 Å². The lowest BCUT2D eigenvalue weighted by Crippen LogP contribution is -2.26. The highest BCUT2D eigenvalue weighted by molar-refractivity contribution is 7.92. The van der Waals surface area contributed by atoms with Crippen molar-refractivity contribution in [3.8, 4) is 0 Å². The van der Waals surface area contributed by atoms with Crippen molar-refractivity contribution >= 4 is 27.3 Å². The molecule has 0 saturated heterocycles. The van der Waals surface area contributed by atoms with E-state index >= 15 is 0 Å². The molecule has 0 bridgehead atoms. The highest BCUT2D eigenvalue weighted by atomic mass is 32.2. The third-order valence-corrected chi connectivity index (χ3v) is 5.56. The van der Waals surface area contributed by atoms with E-state index in [-0.39, 0.29) is 10.8 Å². The van der Waals surface area contributed by atoms with Crippen molar-refractivity contribution in [1.29, 1.82) is 0 Å². The number of rotatable bonds is 5. The van der Waals surface area contributed by atoms with Crippen LogP contribution in [0.15, 0.2) is 83.8 Å². The monoisotopic (exact) mass is 380 g/mol. The Labute approximate surface area is 159 Å². The number of anilines is 2. The minimum absolute atomic E-state index is 0.0991. The molecule has 0 aliphatic carbocycles. The summed E-state index contributed by atoms with van der Waals surface area (Å²) < 4.78 is 27.6. The molecule has 1 N–H and O–H groups in total. The topological polar surface area (TPSA) is 66.5 Å². The van der Waals surface area contributed by atoms with Crippen LogP contribution in [0, 0.1) is 6.92 Å². The van der Waals surface area contributed by atoms with Crippen molar-refractivity contribution in [2.45, 2.75) is 11.8 Å². The molecule has 3 aromatic rings. The molecule has 0 heterocycles. The van der Waals surface area contributed by atoms with Gasteiger partial charge in [-0.1, -0.05) is 35.9 Å². The van der Waals surface area contributed by atoms with Gasteiger partial charge < -0.3 is 4.90 Å². The molecule has 0 fully saturated rings. The largest absolute Gasteiger partial charge is 0.311 e. The van der Waals surface area contributed by atoms with Gasteiger partial charge in [0, 0.05) is 24.0 Å². The summed E-state index contributed by atoms with van der Waals surface area (Å²) in [5.41, 5.74) is 2.71. The normalized spacial score (nSPS) is 11.0. The van der Waals surface area contributed by atoms with Crippen LogP contribution in [0.3, 0.4) is 0 Å². The lowest BCUT2D eigenvalue weighted by molar-refractivity contribution is 0.0993. The number of para-hydroxylation sites is 1. The van der Waals surface area contributed by atoms with Crippen LogP contribution in [0.5, 0.6) is 0 Å². The van der Waals surface area contributed by atoms with Crippen LogP contribution in [-0.4, -0.2) is 21.4 Å². The molecule has 27 heavy (non-hydrogen) atoms. The van der Waals surface area contributed by atoms with E-state index in [2.05, 4.69) is 4.72 Å². The highest BCUT2D eigenvalue weighted by Crippen LogP contribution is 2.19. The zero-order valence-corrected chi connectivity index (χ0v) is 15.9. The van der Waals surface area contributed by atoms with E-state index < -0.39 is 10.0 Å². The van der Waals surface area contributed by atoms with Crippen LogP contribution in [0.2, 0.25) is 0 Å². The fourth-order valence-corrected chi connectivity index (χ4v) is 3.63. The number of benzene rings is 3. The van der Waals surface area contributed by atoms with Gasteiger partial charge in [0.15, 0.2) is 0 Å². The summed E-state index contributed by atoms with van der Waals surface area (Å²) in [4.78, 5) is 14.2. The summed E-state index contributed by atoms with van der Waals surface area (Å²) in [6, 6.07) is 22.2. The lowest BCUT2D eigenvalue weighted by atomic mass is 10.2. The van der Waals surface area contributed by atoms with E-state index in [1.807, 2.05) is 49.4 Å². The Morgan fingerprint density at radius 1 is 0.852 bits per heavy atom. The zero-order valence-electron chi connectivity index (χ0n) is 15.1. The predicted molar refractivity (Wildman–Crippen MR) is 108 cm³/mol. The molecule has 1 amide bonds. The summed E-state index contributed by atoms with van der Waals surface area (Å²) in [5, 5.41) is 0. The standard InChI is InChI=1S/C21H20N2O3S/c1-16-8-12-18(13-9-16)22-27(25,26)20-14-10-17(11-15-20)21(24)23(2)19-6-4-3-5-7-19/h3-15,22H,1-2H3. The number of sulfonamides is 1. The molecule has 3 aromatic carbocycles. The molecule has 6 heteroatoms. The first-order valence-corrected chi connectivity index (χ1v) is 9.88. The van der Waals surface area contributed by atoms with Crippen molar-refractivity contribution in [2.24, 2.45) is 0 Å². The number of nitrogens with one attached hydrogen (secondary N) is 1. The van der Waals surface area contributed by atoms with Crippen LogP contribution in [0.25, 0.3) is 0 Å². The lowest BCUT2D eigenvalue weighted by Gasteiger charge is -2.17. The van der Waals surface area contributed by atoms with Crippen LogP contribution >= 0.6 is 0 Å². The Morgan fingerprint density at radius 3 is 2.04 bits per heavy atom. The third kappa shape index (κ3) is 4.35. The van der Waals surface area contributed by atoms with Crippen LogP contribution < -0.4 is 9.62 Å². The van der Waals surface area contributed by atoms with Crippen molar-refractivity contribution in [1.82, 2.24) is 0 Å². The Morgan fingerprint density at radius 2 is 1.44 bits per heavy atom. The van der Waals surface area contributed by atoms with Crippen molar-refractivity contribution in [3.05, 3.63) is 90.0 Å². The molecule has 0 radical (unpaired) electrons. The van der Waals surface area contributed by atoms with Gasteiger partial charge in [-0.2, -0.15) is 0 Å². The van der Waals surface area contributed by atoms with E-state index in [1.165, 1.54) is 29.2 Å². The van der Waals surface area contributed by atoms with Crippen LogP contribution in [0.1, 0.15) is 15.9 Å². The average molecular weight is 380 g/mol. The summed E-state index contributed by atoms with van der Waals surface area (Å²) in [7, 11) is -2.03. The van der Waals surface area contributed by atoms with Gasteiger partial charge in [-0.15, -0.1) is 0 Å². The average Bonchev–Trinajstić information content (AvgIpc) is 2.69. The molecule has 138 valence electrons. The highest BCUT2D eigenvalue weighted by Gasteiger charge is 2.17. The second-order valence-electron chi connectivity index (χ2n) is 6.20. The van der Waals surface area contributed by atoms with Crippen molar-refractivity contribution in [2.75, 3.05) is 16.7 Å². The van der Waals surface area contributed by atoms with Crippen LogP contribution in [-0.2, 0) is 10.0 Å².